The number of rotatable bonds is 3. The number of furan rings is 1. The standard InChI is InChI=1S/C15H14N6O3S/c1-20-6-11(18-19-20)14(23)21-4-2-10-12(7-21)25-15(16-10)17-13(22)9-3-5-24-8-9/h3,5-6,8H,2,4,7H2,1H3,(H,16,17,22). The third-order valence-electron chi connectivity index (χ3n) is 3.84. The molecule has 3 aromatic heterocycles. The second-order valence-corrected chi connectivity index (χ2v) is 6.69. The first-order chi connectivity index (χ1) is 12.1. The zero-order chi connectivity index (χ0) is 17.4. The van der Waals surface area contributed by atoms with Gasteiger partial charge in [-0.15, -0.1) is 5.10 Å². The second kappa shape index (κ2) is 6.13. The first-order valence-electron chi connectivity index (χ1n) is 7.58. The molecule has 25 heavy (non-hydrogen) atoms. The molecule has 9 nitrogen and oxygen atoms in total. The predicted octanol–water partition coefficient (Wildman–Crippen LogP) is 1.32. The maximum atomic E-state index is 12.5. The number of fused-ring (bicyclic) bond motifs is 1. The predicted molar refractivity (Wildman–Crippen MR) is 88.2 cm³/mol. The molecule has 0 aromatic carbocycles. The monoisotopic (exact) mass is 358 g/mol. The lowest BCUT2D eigenvalue weighted by atomic mass is 10.1. The van der Waals surface area contributed by atoms with Gasteiger partial charge in [0.05, 0.1) is 30.3 Å². The molecule has 1 N–H and O–H groups in total. The number of aromatic nitrogens is 4. The Morgan fingerprint density at radius 1 is 1.40 bits per heavy atom. The highest BCUT2D eigenvalue weighted by molar-refractivity contribution is 7.15. The molecule has 0 radical (unpaired) electrons. The van der Waals surface area contributed by atoms with E-state index in [0.29, 0.717) is 35.9 Å². The van der Waals surface area contributed by atoms with Crippen molar-refractivity contribution in [3.63, 3.8) is 0 Å². The largest absolute Gasteiger partial charge is 0.472 e. The van der Waals surface area contributed by atoms with Crippen LogP contribution < -0.4 is 5.32 Å². The lowest BCUT2D eigenvalue weighted by molar-refractivity contribution is 0.0730. The highest BCUT2D eigenvalue weighted by Crippen LogP contribution is 2.29. The van der Waals surface area contributed by atoms with Gasteiger partial charge in [0.2, 0.25) is 0 Å². The summed E-state index contributed by atoms with van der Waals surface area (Å²) in [5.41, 5.74) is 1.67. The maximum Gasteiger partial charge on any atom is 0.276 e. The van der Waals surface area contributed by atoms with Crippen LogP contribution >= 0.6 is 11.3 Å². The van der Waals surface area contributed by atoms with Gasteiger partial charge in [-0.05, 0) is 6.07 Å². The fourth-order valence-electron chi connectivity index (χ4n) is 2.59. The van der Waals surface area contributed by atoms with Crippen molar-refractivity contribution in [3.8, 4) is 0 Å². The summed E-state index contributed by atoms with van der Waals surface area (Å²) in [7, 11) is 1.72. The fraction of sp³-hybridized carbons (Fsp3) is 0.267. The summed E-state index contributed by atoms with van der Waals surface area (Å²) in [6, 6.07) is 1.59. The third-order valence-corrected chi connectivity index (χ3v) is 4.84. The Labute approximate surface area is 146 Å². The van der Waals surface area contributed by atoms with Gasteiger partial charge in [0.15, 0.2) is 10.8 Å². The number of anilines is 1. The number of aryl methyl sites for hydroxylation is 1. The molecule has 3 aromatic rings. The Morgan fingerprint density at radius 3 is 3.00 bits per heavy atom. The molecule has 0 saturated carbocycles. The molecule has 4 heterocycles. The minimum absolute atomic E-state index is 0.156. The topological polar surface area (TPSA) is 106 Å². The number of nitrogens with zero attached hydrogens (tertiary/aromatic N) is 5. The van der Waals surface area contributed by atoms with Gasteiger partial charge < -0.3 is 9.32 Å². The van der Waals surface area contributed by atoms with Crippen LogP contribution in [0, 0.1) is 0 Å². The van der Waals surface area contributed by atoms with Gasteiger partial charge in [-0.3, -0.25) is 19.6 Å². The lowest BCUT2D eigenvalue weighted by Crippen LogP contribution is -2.35. The maximum absolute atomic E-state index is 12.5. The van der Waals surface area contributed by atoms with Crippen LogP contribution in [0.4, 0.5) is 5.13 Å². The highest BCUT2D eigenvalue weighted by atomic mass is 32.1. The van der Waals surface area contributed by atoms with Crippen molar-refractivity contribution in [2.24, 2.45) is 7.05 Å². The van der Waals surface area contributed by atoms with E-state index >= 15 is 0 Å². The van der Waals surface area contributed by atoms with Gasteiger partial charge in [0.25, 0.3) is 11.8 Å². The average Bonchev–Trinajstić information content (AvgIpc) is 3.33. The van der Waals surface area contributed by atoms with Crippen molar-refractivity contribution >= 4 is 28.3 Å². The number of hydrogen-bond acceptors (Lipinski definition) is 7. The van der Waals surface area contributed by atoms with E-state index in [2.05, 4.69) is 20.6 Å². The SMILES string of the molecule is Cn1cc(C(=O)N2CCc3nc(NC(=O)c4ccoc4)sc3C2)nn1. The van der Waals surface area contributed by atoms with E-state index in [4.69, 9.17) is 4.42 Å². The molecule has 0 aliphatic carbocycles. The Kier molecular flexibility index (Phi) is 3.80. The van der Waals surface area contributed by atoms with Gasteiger partial charge >= 0.3 is 0 Å². The molecule has 1 aliphatic heterocycles. The molecule has 0 atom stereocenters. The van der Waals surface area contributed by atoms with Crippen molar-refractivity contribution in [2.45, 2.75) is 13.0 Å². The van der Waals surface area contributed by atoms with Crippen LogP contribution in [0.1, 0.15) is 31.4 Å². The Balaban J connectivity index is 1.47. The molecule has 4 rings (SSSR count). The number of thiazole rings is 1. The minimum Gasteiger partial charge on any atom is -0.472 e. The number of carbonyl (C=O) groups excluding carboxylic acids is 2. The van der Waals surface area contributed by atoms with E-state index in [1.165, 1.54) is 28.5 Å². The van der Waals surface area contributed by atoms with Crippen LogP contribution in [0.15, 0.2) is 29.2 Å². The van der Waals surface area contributed by atoms with Crippen molar-refractivity contribution in [2.75, 3.05) is 11.9 Å². The van der Waals surface area contributed by atoms with Gasteiger partial charge in [-0.1, -0.05) is 16.6 Å². The number of nitrogens with one attached hydrogen (secondary N) is 1. The van der Waals surface area contributed by atoms with E-state index in [-0.39, 0.29) is 11.8 Å². The van der Waals surface area contributed by atoms with Gasteiger partial charge in [0, 0.05) is 24.9 Å². The second-order valence-electron chi connectivity index (χ2n) is 5.61. The highest BCUT2D eigenvalue weighted by Gasteiger charge is 2.26. The summed E-state index contributed by atoms with van der Waals surface area (Å²) in [6.07, 6.45) is 5.06. The first kappa shape index (κ1) is 15.5. The molecule has 0 bridgehead atoms. The Morgan fingerprint density at radius 2 is 2.28 bits per heavy atom. The van der Waals surface area contributed by atoms with Crippen LogP contribution in [-0.4, -0.2) is 43.2 Å². The zero-order valence-electron chi connectivity index (χ0n) is 13.3. The van der Waals surface area contributed by atoms with Crippen molar-refractivity contribution < 1.29 is 14.0 Å². The average molecular weight is 358 g/mol. The lowest BCUT2D eigenvalue weighted by Gasteiger charge is -2.25. The quantitative estimate of drug-likeness (QED) is 0.757. The van der Waals surface area contributed by atoms with E-state index in [1.54, 1.807) is 24.2 Å². The van der Waals surface area contributed by atoms with Crippen LogP contribution in [-0.2, 0) is 20.0 Å². The van der Waals surface area contributed by atoms with E-state index in [1.807, 2.05) is 0 Å². The minimum atomic E-state index is -0.271. The molecule has 0 spiro atoms. The van der Waals surface area contributed by atoms with Crippen LogP contribution in [0.2, 0.25) is 0 Å². The third kappa shape index (κ3) is 3.03. The number of amides is 2. The van der Waals surface area contributed by atoms with Crippen LogP contribution in [0.5, 0.6) is 0 Å². The summed E-state index contributed by atoms with van der Waals surface area (Å²) in [4.78, 5) is 31.7. The Hall–Kier alpha value is -3.01. The van der Waals surface area contributed by atoms with Crippen molar-refractivity contribution in [1.82, 2.24) is 24.9 Å². The Bertz CT molecular complexity index is 929. The van der Waals surface area contributed by atoms with Gasteiger partial charge in [0.1, 0.15) is 6.26 Å². The molecule has 0 unspecified atom stereocenters. The van der Waals surface area contributed by atoms with Gasteiger partial charge in [-0.25, -0.2) is 4.98 Å². The molecule has 10 heteroatoms. The normalized spacial score (nSPS) is 13.6. The molecule has 2 amide bonds. The van der Waals surface area contributed by atoms with E-state index < -0.39 is 0 Å². The molecule has 0 saturated heterocycles. The summed E-state index contributed by atoms with van der Waals surface area (Å²) >= 11 is 1.37. The van der Waals surface area contributed by atoms with Crippen LogP contribution in [0.25, 0.3) is 0 Å². The zero-order valence-corrected chi connectivity index (χ0v) is 14.1. The molecular weight excluding hydrogens is 344 g/mol. The first-order valence-corrected chi connectivity index (χ1v) is 8.39. The molecular formula is C15H14N6O3S. The molecule has 128 valence electrons. The van der Waals surface area contributed by atoms with Crippen molar-refractivity contribution in [3.05, 3.63) is 46.6 Å². The molecule has 0 fully saturated rings. The van der Waals surface area contributed by atoms with E-state index in [9.17, 15) is 9.59 Å². The number of hydrogen-bond donors (Lipinski definition) is 1. The summed E-state index contributed by atoms with van der Waals surface area (Å²) < 4.78 is 6.40. The van der Waals surface area contributed by atoms with Gasteiger partial charge in [-0.2, -0.15) is 0 Å². The fourth-order valence-corrected chi connectivity index (χ4v) is 3.61. The summed E-state index contributed by atoms with van der Waals surface area (Å²) in [5.74, 6) is -0.427. The smallest absolute Gasteiger partial charge is 0.276 e. The summed E-state index contributed by atoms with van der Waals surface area (Å²) in [5, 5.41) is 10.9. The molecule has 1 aliphatic rings. The van der Waals surface area contributed by atoms with E-state index in [0.717, 1.165) is 10.6 Å². The van der Waals surface area contributed by atoms with Crippen molar-refractivity contribution in [1.29, 1.82) is 0 Å². The van der Waals surface area contributed by atoms with Crippen LogP contribution in [0.3, 0.4) is 0 Å². The number of carbonyl (C=O) groups is 2. The summed E-state index contributed by atoms with van der Waals surface area (Å²) in [6.45, 7) is 1.01.